The first-order chi connectivity index (χ1) is 19.4. The van der Waals surface area contributed by atoms with Crippen LogP contribution in [0.4, 0.5) is 5.69 Å². The first kappa shape index (κ1) is 26.9. The van der Waals surface area contributed by atoms with Crippen molar-refractivity contribution in [2.75, 3.05) is 11.2 Å². The zero-order valence-electron chi connectivity index (χ0n) is 21.0. The van der Waals surface area contributed by atoms with Crippen LogP contribution in [0.15, 0.2) is 114 Å². The van der Waals surface area contributed by atoms with Gasteiger partial charge >= 0.3 is 0 Å². The number of anilines is 1. The molecule has 0 spiro atoms. The number of fused-ring (bicyclic) bond motifs is 1. The fraction of sp³-hybridized carbons (Fsp3) is 0.0323. The molecule has 0 aromatic heterocycles. The van der Waals surface area contributed by atoms with Crippen molar-refractivity contribution < 1.29 is 19.2 Å². The number of nitrogens with zero attached hydrogens (tertiary/aromatic N) is 1. The molecule has 0 atom stereocenters. The second kappa shape index (κ2) is 12.0. The minimum absolute atomic E-state index is 0.0418. The Morgan fingerprint density at radius 1 is 0.800 bits per heavy atom. The van der Waals surface area contributed by atoms with E-state index < -0.39 is 11.8 Å². The van der Waals surface area contributed by atoms with Gasteiger partial charge in [-0.3, -0.25) is 24.1 Å². The number of carbonyl (C=O) groups is 4. The number of thioether (sulfide) groups is 1. The summed E-state index contributed by atoms with van der Waals surface area (Å²) in [6.07, 6.45) is 1.55. The fourth-order valence-electron chi connectivity index (χ4n) is 4.03. The van der Waals surface area contributed by atoms with E-state index in [2.05, 4.69) is 10.6 Å². The third-order valence-electron chi connectivity index (χ3n) is 6.04. The number of amides is 4. The van der Waals surface area contributed by atoms with Crippen molar-refractivity contribution in [3.8, 4) is 0 Å². The predicted octanol–water partition coefficient (Wildman–Crippen LogP) is 6.10. The Bertz CT molecular complexity index is 1600. The minimum Gasteiger partial charge on any atom is -0.321 e. The largest absolute Gasteiger partial charge is 0.321 e. The van der Waals surface area contributed by atoms with Gasteiger partial charge in [0.2, 0.25) is 0 Å². The van der Waals surface area contributed by atoms with Crippen molar-refractivity contribution >= 4 is 58.8 Å². The van der Waals surface area contributed by atoms with Crippen molar-refractivity contribution in [1.82, 2.24) is 10.2 Å². The summed E-state index contributed by atoms with van der Waals surface area (Å²) in [4.78, 5) is 53.2. The van der Waals surface area contributed by atoms with Gasteiger partial charge in [-0.15, -0.1) is 11.8 Å². The summed E-state index contributed by atoms with van der Waals surface area (Å²) < 4.78 is 0. The van der Waals surface area contributed by atoms with E-state index in [-0.39, 0.29) is 23.4 Å². The van der Waals surface area contributed by atoms with Gasteiger partial charge < -0.3 is 10.6 Å². The lowest BCUT2D eigenvalue weighted by molar-refractivity contribution is -0.113. The number of halogens is 1. The smallest absolute Gasteiger partial charge is 0.272 e. The average Bonchev–Trinajstić information content (AvgIpc) is 3.21. The van der Waals surface area contributed by atoms with Crippen molar-refractivity contribution in [3.63, 3.8) is 0 Å². The van der Waals surface area contributed by atoms with Crippen molar-refractivity contribution in [3.05, 3.63) is 136 Å². The molecule has 0 unspecified atom stereocenters. The van der Waals surface area contributed by atoms with Crippen LogP contribution in [0, 0.1) is 0 Å². The quantitative estimate of drug-likeness (QED) is 0.152. The summed E-state index contributed by atoms with van der Waals surface area (Å²) in [5.41, 5.74) is 2.41. The van der Waals surface area contributed by atoms with Gasteiger partial charge in [-0.25, -0.2) is 0 Å². The zero-order valence-corrected chi connectivity index (χ0v) is 22.5. The Morgan fingerprint density at radius 2 is 1.45 bits per heavy atom. The van der Waals surface area contributed by atoms with E-state index in [1.807, 2.05) is 0 Å². The number of imide groups is 1. The maximum absolute atomic E-state index is 13.2. The molecule has 0 bridgehead atoms. The molecule has 1 aliphatic heterocycles. The highest BCUT2D eigenvalue weighted by molar-refractivity contribution is 7.99. The number of carbonyl (C=O) groups excluding carboxylic acids is 4. The monoisotopic (exact) mass is 567 g/mol. The number of benzene rings is 4. The van der Waals surface area contributed by atoms with Gasteiger partial charge in [-0.05, 0) is 72.3 Å². The third-order valence-corrected chi connectivity index (χ3v) is 7.27. The Morgan fingerprint density at radius 3 is 2.10 bits per heavy atom. The summed E-state index contributed by atoms with van der Waals surface area (Å²) in [7, 11) is 0. The first-order valence-corrected chi connectivity index (χ1v) is 13.6. The van der Waals surface area contributed by atoms with Crippen LogP contribution in [0.2, 0.25) is 5.02 Å². The zero-order chi connectivity index (χ0) is 28.1. The van der Waals surface area contributed by atoms with E-state index in [0.717, 1.165) is 4.90 Å². The van der Waals surface area contributed by atoms with E-state index in [9.17, 15) is 19.2 Å². The standard InChI is InChI=1S/C31H22ClN3O4S/c32-22-10-6-7-20(17-22)18-27(34-28(36)21-8-2-1-3-9-21)29(37)33-23-13-15-24(16-14-23)40-19-35-30(38)25-11-4-5-12-26(25)31(35)39/h1-18H,19H2,(H,33,37)(H,34,36)/b27-18-. The van der Waals surface area contributed by atoms with Crippen LogP contribution in [-0.4, -0.2) is 34.4 Å². The van der Waals surface area contributed by atoms with Gasteiger partial charge in [0.15, 0.2) is 0 Å². The van der Waals surface area contributed by atoms with E-state index in [1.54, 1.807) is 109 Å². The fourth-order valence-corrected chi connectivity index (χ4v) is 5.07. The molecule has 0 saturated heterocycles. The number of nitrogens with one attached hydrogen (secondary N) is 2. The van der Waals surface area contributed by atoms with Crippen LogP contribution in [-0.2, 0) is 4.79 Å². The van der Waals surface area contributed by atoms with Crippen LogP contribution in [0.3, 0.4) is 0 Å². The lowest BCUT2D eigenvalue weighted by Crippen LogP contribution is -2.30. The molecule has 0 radical (unpaired) electrons. The molecule has 5 rings (SSSR count). The summed E-state index contributed by atoms with van der Waals surface area (Å²) in [6.45, 7) is 0. The molecule has 1 heterocycles. The molecule has 0 aliphatic carbocycles. The molecule has 198 valence electrons. The van der Waals surface area contributed by atoms with E-state index in [4.69, 9.17) is 11.6 Å². The molecule has 2 N–H and O–H groups in total. The summed E-state index contributed by atoms with van der Waals surface area (Å²) in [6, 6.07) is 29.2. The predicted molar refractivity (Wildman–Crippen MR) is 156 cm³/mol. The van der Waals surface area contributed by atoms with Crippen LogP contribution in [0.25, 0.3) is 6.08 Å². The molecule has 0 fully saturated rings. The highest BCUT2D eigenvalue weighted by Crippen LogP contribution is 2.28. The molecule has 9 heteroatoms. The van der Waals surface area contributed by atoms with Gasteiger partial charge in [-0.2, -0.15) is 0 Å². The maximum atomic E-state index is 13.2. The van der Waals surface area contributed by atoms with Crippen molar-refractivity contribution in [1.29, 1.82) is 0 Å². The first-order valence-electron chi connectivity index (χ1n) is 12.2. The molecule has 4 aromatic rings. The second-order valence-corrected chi connectivity index (χ2v) is 10.2. The van der Waals surface area contributed by atoms with Crippen molar-refractivity contribution in [2.45, 2.75) is 4.90 Å². The third kappa shape index (κ3) is 6.14. The normalized spacial score (nSPS) is 12.7. The number of hydrogen-bond acceptors (Lipinski definition) is 5. The van der Waals surface area contributed by atoms with Crippen LogP contribution >= 0.6 is 23.4 Å². The lowest BCUT2D eigenvalue weighted by Gasteiger charge is -2.14. The van der Waals surface area contributed by atoms with Gasteiger partial charge in [0, 0.05) is 21.2 Å². The molecular weight excluding hydrogens is 546 g/mol. The van der Waals surface area contributed by atoms with E-state index in [1.165, 1.54) is 16.7 Å². The van der Waals surface area contributed by atoms with Gasteiger partial charge in [0.1, 0.15) is 5.70 Å². The average molecular weight is 568 g/mol. The lowest BCUT2D eigenvalue weighted by atomic mass is 10.1. The summed E-state index contributed by atoms with van der Waals surface area (Å²) in [5.74, 6) is -1.41. The van der Waals surface area contributed by atoms with E-state index in [0.29, 0.717) is 33.0 Å². The highest BCUT2D eigenvalue weighted by atomic mass is 35.5. The Kier molecular flexibility index (Phi) is 8.10. The van der Waals surface area contributed by atoms with Crippen LogP contribution < -0.4 is 10.6 Å². The molecule has 40 heavy (non-hydrogen) atoms. The molecule has 4 aromatic carbocycles. The van der Waals surface area contributed by atoms with Gasteiger partial charge in [-0.1, -0.05) is 54.1 Å². The summed E-state index contributed by atoms with van der Waals surface area (Å²) in [5, 5.41) is 5.99. The van der Waals surface area contributed by atoms with Crippen LogP contribution in [0.5, 0.6) is 0 Å². The molecule has 4 amide bonds. The Labute approximate surface area is 239 Å². The molecular formula is C31H22ClN3O4S. The number of rotatable bonds is 8. The molecule has 0 saturated carbocycles. The second-order valence-electron chi connectivity index (χ2n) is 8.77. The topological polar surface area (TPSA) is 95.6 Å². The SMILES string of the molecule is O=C(Nc1ccc(SCN2C(=O)c3ccccc3C2=O)cc1)/C(=C/c1cccc(Cl)c1)NC(=O)c1ccccc1. The Hall–Kier alpha value is -4.66. The Balaban J connectivity index is 1.26. The van der Waals surface area contributed by atoms with Gasteiger partial charge in [0.05, 0.1) is 17.0 Å². The van der Waals surface area contributed by atoms with Crippen molar-refractivity contribution in [2.24, 2.45) is 0 Å². The summed E-state index contributed by atoms with van der Waals surface area (Å²) >= 11 is 7.43. The molecule has 7 nitrogen and oxygen atoms in total. The minimum atomic E-state index is -0.518. The van der Waals surface area contributed by atoms with Gasteiger partial charge in [0.25, 0.3) is 23.6 Å². The van der Waals surface area contributed by atoms with Crippen LogP contribution in [0.1, 0.15) is 36.6 Å². The highest BCUT2D eigenvalue weighted by Gasteiger charge is 2.34. The number of hydrogen-bond donors (Lipinski definition) is 2. The van der Waals surface area contributed by atoms with E-state index >= 15 is 0 Å². The molecule has 1 aliphatic rings. The maximum Gasteiger partial charge on any atom is 0.272 e.